The number of halogens is 3. The molecule has 0 spiro atoms. The van der Waals surface area contributed by atoms with Gasteiger partial charge in [-0.3, -0.25) is 4.79 Å². The highest BCUT2D eigenvalue weighted by Crippen LogP contribution is 2.38. The molecule has 2 aliphatic heterocycles. The van der Waals surface area contributed by atoms with Gasteiger partial charge in [-0.05, 0) is 31.2 Å². The molecule has 0 unspecified atom stereocenters. The summed E-state index contributed by atoms with van der Waals surface area (Å²) in [4.78, 5) is 19.4. The molecule has 1 aromatic carbocycles. The van der Waals surface area contributed by atoms with E-state index < -0.39 is 12.1 Å². The maximum atomic E-state index is 13.6. The maximum absolute atomic E-state index is 13.6. The third-order valence-corrected chi connectivity index (χ3v) is 6.23. The van der Waals surface area contributed by atoms with Gasteiger partial charge in [0.25, 0.3) is 5.56 Å². The summed E-state index contributed by atoms with van der Waals surface area (Å²) >= 11 is 0. The predicted octanol–water partition coefficient (Wildman–Crippen LogP) is 3.99. The van der Waals surface area contributed by atoms with Crippen molar-refractivity contribution in [2.75, 3.05) is 42.6 Å². The molecule has 2 aromatic rings. The van der Waals surface area contributed by atoms with Gasteiger partial charge in [-0.25, -0.2) is 0 Å². The van der Waals surface area contributed by atoms with Gasteiger partial charge >= 0.3 is 6.18 Å². The summed E-state index contributed by atoms with van der Waals surface area (Å²) in [6.45, 7) is 3.04. The van der Waals surface area contributed by atoms with Crippen molar-refractivity contribution in [1.29, 1.82) is 0 Å². The zero-order valence-corrected chi connectivity index (χ0v) is 17.4. The Bertz CT molecular complexity index is 910. The number of benzene rings is 1. The minimum absolute atomic E-state index is 0.0161. The van der Waals surface area contributed by atoms with Crippen molar-refractivity contribution in [2.45, 2.75) is 37.9 Å². The Hall–Kier alpha value is -2.48. The fraction of sp³-hybridized carbons (Fsp3) is 0.522. The van der Waals surface area contributed by atoms with Crippen LogP contribution >= 0.6 is 0 Å². The van der Waals surface area contributed by atoms with Crippen molar-refractivity contribution < 1.29 is 17.9 Å². The molecule has 3 heterocycles. The van der Waals surface area contributed by atoms with Crippen LogP contribution in [0.4, 0.5) is 24.7 Å². The number of anilines is 2. The number of alkyl halides is 3. The average Bonchev–Trinajstić information content (AvgIpc) is 2.97. The van der Waals surface area contributed by atoms with Crippen LogP contribution in [0.25, 0.3) is 0 Å². The summed E-state index contributed by atoms with van der Waals surface area (Å²) in [6.07, 6.45) is -3.16. The van der Waals surface area contributed by atoms with E-state index in [0.29, 0.717) is 51.5 Å². The van der Waals surface area contributed by atoms with Gasteiger partial charge in [0.1, 0.15) is 5.82 Å². The van der Waals surface area contributed by atoms with Crippen molar-refractivity contribution in [2.24, 2.45) is 5.92 Å². The molecule has 4 rings (SSSR count). The zero-order chi connectivity index (χ0) is 21.8. The Labute approximate surface area is 179 Å². The molecule has 8 heteroatoms. The monoisotopic (exact) mass is 435 g/mol. The summed E-state index contributed by atoms with van der Waals surface area (Å²) in [5.74, 6) is -0.738. The van der Waals surface area contributed by atoms with E-state index in [2.05, 4.69) is 9.88 Å². The van der Waals surface area contributed by atoms with Gasteiger partial charge in [-0.2, -0.15) is 13.2 Å². The number of pyridine rings is 1. The summed E-state index contributed by atoms with van der Waals surface area (Å²) in [6, 6.07) is 12.7. The normalized spacial score (nSPS) is 22.9. The van der Waals surface area contributed by atoms with E-state index in [-0.39, 0.29) is 24.4 Å². The Balaban J connectivity index is 1.66. The first-order valence-electron chi connectivity index (χ1n) is 10.8. The molecular formula is C23H28F3N3O2. The number of aromatic nitrogens is 1. The van der Waals surface area contributed by atoms with Gasteiger partial charge < -0.3 is 19.5 Å². The highest BCUT2D eigenvalue weighted by Gasteiger charge is 2.43. The third kappa shape index (κ3) is 5.42. The quantitative estimate of drug-likeness (QED) is 0.789. The minimum Gasteiger partial charge on any atom is -0.378 e. The number of ether oxygens (including phenoxy) is 1. The molecule has 2 aliphatic rings. The van der Waals surface area contributed by atoms with E-state index in [1.165, 1.54) is 0 Å². The van der Waals surface area contributed by atoms with Gasteiger partial charge in [0.2, 0.25) is 0 Å². The van der Waals surface area contributed by atoms with Crippen molar-refractivity contribution in [3.8, 4) is 0 Å². The van der Waals surface area contributed by atoms with E-state index in [1.54, 1.807) is 6.07 Å². The smallest absolute Gasteiger partial charge is 0.378 e. The molecule has 0 radical (unpaired) electrons. The Morgan fingerprint density at radius 1 is 1.06 bits per heavy atom. The van der Waals surface area contributed by atoms with Crippen molar-refractivity contribution >= 4 is 11.5 Å². The van der Waals surface area contributed by atoms with Crippen LogP contribution in [0.5, 0.6) is 0 Å². The molecule has 0 amide bonds. The summed E-state index contributed by atoms with van der Waals surface area (Å²) in [5, 5.41) is 0. The lowest BCUT2D eigenvalue weighted by Crippen LogP contribution is -2.41. The van der Waals surface area contributed by atoms with Gasteiger partial charge in [-0.1, -0.05) is 30.3 Å². The maximum Gasteiger partial charge on any atom is 0.391 e. The first-order chi connectivity index (χ1) is 14.9. The fourth-order valence-corrected chi connectivity index (χ4v) is 4.63. The summed E-state index contributed by atoms with van der Waals surface area (Å²) in [7, 11) is 0. The van der Waals surface area contributed by atoms with Crippen LogP contribution in [-0.2, 0) is 11.2 Å². The number of H-pyrrole nitrogens is 1. The minimum atomic E-state index is -4.21. The molecule has 0 saturated carbocycles. The SMILES string of the molecule is O=c1cc(N2CCOCC2)cc(N2CCC[C@@H](C(F)(F)F)C[C@H]2Cc2ccccc2)[nH]1. The Morgan fingerprint density at radius 3 is 2.52 bits per heavy atom. The molecule has 5 nitrogen and oxygen atoms in total. The second-order valence-corrected chi connectivity index (χ2v) is 8.34. The Morgan fingerprint density at radius 2 is 1.81 bits per heavy atom. The highest BCUT2D eigenvalue weighted by molar-refractivity contribution is 5.56. The molecular weight excluding hydrogens is 407 g/mol. The average molecular weight is 435 g/mol. The molecule has 2 saturated heterocycles. The number of nitrogens with zero attached hydrogens (tertiary/aromatic N) is 2. The fourth-order valence-electron chi connectivity index (χ4n) is 4.63. The largest absolute Gasteiger partial charge is 0.391 e. The zero-order valence-electron chi connectivity index (χ0n) is 17.4. The second kappa shape index (κ2) is 9.34. The predicted molar refractivity (Wildman–Crippen MR) is 115 cm³/mol. The van der Waals surface area contributed by atoms with Crippen molar-refractivity contribution in [3.05, 3.63) is 58.4 Å². The molecule has 0 aliphatic carbocycles. The van der Waals surface area contributed by atoms with Crippen molar-refractivity contribution in [1.82, 2.24) is 4.98 Å². The van der Waals surface area contributed by atoms with E-state index in [4.69, 9.17) is 4.74 Å². The molecule has 1 N–H and O–H groups in total. The molecule has 0 bridgehead atoms. The molecule has 2 atom stereocenters. The molecule has 168 valence electrons. The molecule has 31 heavy (non-hydrogen) atoms. The lowest BCUT2D eigenvalue weighted by molar-refractivity contribution is -0.178. The lowest BCUT2D eigenvalue weighted by atomic mass is 9.92. The van der Waals surface area contributed by atoms with E-state index in [1.807, 2.05) is 41.3 Å². The number of hydrogen-bond acceptors (Lipinski definition) is 4. The first kappa shape index (κ1) is 21.7. The van der Waals surface area contributed by atoms with Crippen LogP contribution in [0.2, 0.25) is 0 Å². The van der Waals surface area contributed by atoms with Crippen LogP contribution in [0.15, 0.2) is 47.3 Å². The van der Waals surface area contributed by atoms with Crippen LogP contribution in [0.3, 0.4) is 0 Å². The van der Waals surface area contributed by atoms with Crippen molar-refractivity contribution in [3.63, 3.8) is 0 Å². The van der Waals surface area contributed by atoms with E-state index in [0.717, 1.165) is 11.3 Å². The number of rotatable bonds is 4. The summed E-state index contributed by atoms with van der Waals surface area (Å²) < 4.78 is 46.3. The van der Waals surface area contributed by atoms with Gasteiger partial charge in [0.05, 0.1) is 19.1 Å². The number of morpholine rings is 1. The lowest BCUT2D eigenvalue weighted by Gasteiger charge is -2.34. The van der Waals surface area contributed by atoms with Gasteiger partial charge in [0.15, 0.2) is 0 Å². The molecule has 1 aromatic heterocycles. The van der Waals surface area contributed by atoms with Gasteiger partial charge in [-0.15, -0.1) is 0 Å². The Kier molecular flexibility index (Phi) is 6.55. The standard InChI is InChI=1S/C23H28F3N3O2/c24-23(25,26)18-7-4-8-29(20(14-18)13-17-5-2-1-3-6-17)21-15-19(16-22(30)27-21)28-9-11-31-12-10-28/h1-3,5-6,15-16,18,20H,4,7-14H2,(H,27,30)/t18-,20-/m1/s1. The number of hydrogen-bond donors (Lipinski definition) is 1. The van der Waals surface area contributed by atoms with E-state index in [9.17, 15) is 18.0 Å². The second-order valence-electron chi connectivity index (χ2n) is 8.34. The highest BCUT2D eigenvalue weighted by atomic mass is 19.4. The number of nitrogens with one attached hydrogen (secondary N) is 1. The van der Waals surface area contributed by atoms with Crippen LogP contribution in [0.1, 0.15) is 24.8 Å². The van der Waals surface area contributed by atoms with Crippen LogP contribution in [-0.4, -0.2) is 50.1 Å². The summed E-state index contributed by atoms with van der Waals surface area (Å²) in [5.41, 5.74) is 1.54. The first-order valence-corrected chi connectivity index (χ1v) is 10.8. The third-order valence-electron chi connectivity index (χ3n) is 6.23. The van der Waals surface area contributed by atoms with Crippen LogP contribution < -0.4 is 15.4 Å². The topological polar surface area (TPSA) is 48.6 Å². The molecule has 2 fully saturated rings. The van der Waals surface area contributed by atoms with E-state index >= 15 is 0 Å². The number of aromatic amines is 1. The van der Waals surface area contributed by atoms with Gasteiger partial charge in [0, 0.05) is 43.5 Å². The van der Waals surface area contributed by atoms with Crippen LogP contribution in [0, 0.1) is 5.92 Å².